The van der Waals surface area contributed by atoms with Crippen molar-refractivity contribution in [1.29, 1.82) is 0 Å². The second-order valence-corrected chi connectivity index (χ2v) is 8.60. The Morgan fingerprint density at radius 1 is 1.07 bits per heavy atom. The second-order valence-electron chi connectivity index (χ2n) is 7.52. The highest BCUT2D eigenvalue weighted by atomic mass is 32.1. The minimum Gasteiger partial charge on any atom is -0.497 e. The first-order valence-electron chi connectivity index (χ1n) is 10.6. The Balaban J connectivity index is 1.24. The lowest BCUT2D eigenvalue weighted by molar-refractivity contribution is 0.0957. The molecule has 0 unspecified atom stereocenters. The maximum absolute atomic E-state index is 12.3. The molecule has 1 aliphatic carbocycles. The van der Waals surface area contributed by atoms with Gasteiger partial charge in [0, 0.05) is 30.4 Å². The van der Waals surface area contributed by atoms with Crippen molar-refractivity contribution >= 4 is 27.3 Å². The van der Waals surface area contributed by atoms with E-state index in [-0.39, 0.29) is 5.91 Å². The van der Waals surface area contributed by atoms with Gasteiger partial charge in [0.15, 0.2) is 0 Å². The predicted octanol–water partition coefficient (Wildman–Crippen LogP) is 3.93. The van der Waals surface area contributed by atoms with Crippen LogP contribution in [0.25, 0.3) is 10.1 Å². The fourth-order valence-corrected chi connectivity index (χ4v) is 4.68. The Labute approximate surface area is 172 Å². The van der Waals surface area contributed by atoms with E-state index in [9.17, 15) is 4.79 Å². The summed E-state index contributed by atoms with van der Waals surface area (Å²) < 4.78 is 6.35. The van der Waals surface area contributed by atoms with E-state index in [2.05, 4.69) is 16.0 Å². The molecule has 1 amide bonds. The Morgan fingerprint density at radius 2 is 1.89 bits per heavy atom. The number of carbonyl (C=O) groups is 1. The fourth-order valence-electron chi connectivity index (χ4n) is 3.72. The standard InChI is InChI=1S/C22H33N3O2S/c1-27-19-9-10-20-17(15-19)16-21(28-20)22(26)25-12-6-5-11-23-13-14-24-18-7-3-2-4-8-18/h9-10,15-16,18,23-24H,2-8,11-14H2,1H3,(H,25,26). The molecule has 1 saturated carbocycles. The number of unbranched alkanes of at least 4 members (excludes halogenated alkanes) is 1. The van der Waals surface area contributed by atoms with Gasteiger partial charge in [0.1, 0.15) is 5.75 Å². The van der Waals surface area contributed by atoms with Gasteiger partial charge < -0.3 is 20.7 Å². The maximum atomic E-state index is 12.3. The molecule has 5 nitrogen and oxygen atoms in total. The maximum Gasteiger partial charge on any atom is 0.261 e. The number of thiophene rings is 1. The first kappa shape index (κ1) is 21.1. The van der Waals surface area contributed by atoms with Gasteiger partial charge in [-0.15, -0.1) is 11.3 Å². The van der Waals surface area contributed by atoms with Crippen molar-refractivity contribution in [3.05, 3.63) is 29.1 Å². The van der Waals surface area contributed by atoms with Gasteiger partial charge in [-0.1, -0.05) is 19.3 Å². The van der Waals surface area contributed by atoms with Crippen LogP contribution in [0.5, 0.6) is 5.75 Å². The van der Waals surface area contributed by atoms with Gasteiger partial charge in [-0.05, 0) is 61.9 Å². The minimum atomic E-state index is 0.0183. The van der Waals surface area contributed by atoms with Gasteiger partial charge in [0.05, 0.1) is 12.0 Å². The molecule has 1 fully saturated rings. The molecule has 0 atom stereocenters. The van der Waals surface area contributed by atoms with E-state index in [1.165, 1.54) is 43.4 Å². The Morgan fingerprint density at radius 3 is 2.71 bits per heavy atom. The summed E-state index contributed by atoms with van der Waals surface area (Å²) in [7, 11) is 1.66. The van der Waals surface area contributed by atoms with Gasteiger partial charge in [-0.2, -0.15) is 0 Å². The highest BCUT2D eigenvalue weighted by molar-refractivity contribution is 7.20. The first-order valence-corrected chi connectivity index (χ1v) is 11.4. The topological polar surface area (TPSA) is 62.4 Å². The Hall–Kier alpha value is -1.63. The van der Waals surface area contributed by atoms with Gasteiger partial charge in [-0.25, -0.2) is 0 Å². The summed E-state index contributed by atoms with van der Waals surface area (Å²) in [5.41, 5.74) is 0. The zero-order valence-corrected chi connectivity index (χ0v) is 17.7. The van der Waals surface area contributed by atoms with Crippen LogP contribution in [0.15, 0.2) is 24.3 Å². The number of benzene rings is 1. The molecule has 1 heterocycles. The third-order valence-corrected chi connectivity index (χ3v) is 6.47. The Kier molecular flexibility index (Phi) is 8.58. The average Bonchev–Trinajstić information content (AvgIpc) is 3.16. The highest BCUT2D eigenvalue weighted by Gasteiger charge is 2.12. The van der Waals surface area contributed by atoms with E-state index in [4.69, 9.17) is 4.74 Å². The molecule has 3 N–H and O–H groups in total. The third kappa shape index (κ3) is 6.47. The lowest BCUT2D eigenvalue weighted by Crippen LogP contribution is -2.36. The summed E-state index contributed by atoms with van der Waals surface area (Å²) in [5, 5.41) is 11.2. The smallest absolute Gasteiger partial charge is 0.261 e. The molecular weight excluding hydrogens is 370 g/mol. The number of hydrogen-bond acceptors (Lipinski definition) is 5. The zero-order chi connectivity index (χ0) is 19.6. The summed E-state index contributed by atoms with van der Waals surface area (Å²) in [6.45, 7) is 3.80. The SMILES string of the molecule is COc1ccc2sc(C(=O)NCCCCNCCNC3CCCCC3)cc2c1. The normalized spacial score (nSPS) is 15.0. The molecule has 0 aliphatic heterocycles. The molecule has 1 aromatic heterocycles. The molecule has 0 spiro atoms. The van der Waals surface area contributed by atoms with E-state index in [0.717, 1.165) is 65.8 Å². The van der Waals surface area contributed by atoms with Crippen molar-refractivity contribution < 1.29 is 9.53 Å². The number of methoxy groups -OCH3 is 1. The molecule has 6 heteroatoms. The second kappa shape index (κ2) is 11.4. The average molecular weight is 404 g/mol. The number of amides is 1. The summed E-state index contributed by atoms with van der Waals surface area (Å²) in [4.78, 5) is 13.1. The number of ether oxygens (including phenoxy) is 1. The van der Waals surface area contributed by atoms with Gasteiger partial charge in [0.2, 0.25) is 0 Å². The van der Waals surface area contributed by atoms with E-state index in [0.29, 0.717) is 0 Å². The summed E-state index contributed by atoms with van der Waals surface area (Å²) in [5.74, 6) is 0.837. The summed E-state index contributed by atoms with van der Waals surface area (Å²) >= 11 is 1.53. The number of fused-ring (bicyclic) bond motifs is 1. The van der Waals surface area contributed by atoms with Crippen LogP contribution < -0.4 is 20.7 Å². The largest absolute Gasteiger partial charge is 0.497 e. The summed E-state index contributed by atoms with van der Waals surface area (Å²) in [6.07, 6.45) is 8.92. The molecule has 2 aromatic rings. The Bertz CT molecular complexity index is 740. The van der Waals surface area contributed by atoms with Crippen molar-refractivity contribution in [3.63, 3.8) is 0 Å². The lowest BCUT2D eigenvalue weighted by atomic mass is 9.95. The van der Waals surface area contributed by atoms with Crippen LogP contribution in [0.4, 0.5) is 0 Å². The van der Waals surface area contributed by atoms with Crippen molar-refractivity contribution in [1.82, 2.24) is 16.0 Å². The number of hydrogen-bond donors (Lipinski definition) is 3. The summed E-state index contributed by atoms with van der Waals surface area (Å²) in [6, 6.07) is 8.58. The van der Waals surface area contributed by atoms with Crippen LogP contribution in [-0.4, -0.2) is 45.2 Å². The molecule has 0 bridgehead atoms. The van der Waals surface area contributed by atoms with Crippen LogP contribution >= 0.6 is 11.3 Å². The molecule has 28 heavy (non-hydrogen) atoms. The minimum absolute atomic E-state index is 0.0183. The van der Waals surface area contributed by atoms with Crippen LogP contribution in [0.2, 0.25) is 0 Å². The van der Waals surface area contributed by atoms with Crippen molar-refractivity contribution in [2.24, 2.45) is 0 Å². The van der Waals surface area contributed by atoms with E-state index in [1.807, 2.05) is 24.3 Å². The first-order chi connectivity index (χ1) is 13.8. The van der Waals surface area contributed by atoms with E-state index in [1.54, 1.807) is 7.11 Å². The predicted molar refractivity (Wildman–Crippen MR) is 118 cm³/mol. The van der Waals surface area contributed by atoms with Crippen molar-refractivity contribution in [2.75, 3.05) is 33.3 Å². The number of carbonyl (C=O) groups excluding carboxylic acids is 1. The van der Waals surface area contributed by atoms with E-state index >= 15 is 0 Å². The van der Waals surface area contributed by atoms with Crippen LogP contribution in [0, 0.1) is 0 Å². The molecule has 154 valence electrons. The van der Waals surface area contributed by atoms with Crippen molar-refractivity contribution in [2.45, 2.75) is 51.0 Å². The molecule has 1 aliphatic rings. The molecule has 3 rings (SSSR count). The van der Waals surface area contributed by atoms with Crippen LogP contribution in [0.1, 0.15) is 54.6 Å². The van der Waals surface area contributed by atoms with Crippen molar-refractivity contribution in [3.8, 4) is 5.75 Å². The lowest BCUT2D eigenvalue weighted by Gasteiger charge is -2.22. The molecule has 0 saturated heterocycles. The van der Waals surface area contributed by atoms with Crippen LogP contribution in [-0.2, 0) is 0 Å². The third-order valence-electron chi connectivity index (χ3n) is 5.35. The molecule has 0 radical (unpaired) electrons. The number of rotatable bonds is 11. The van der Waals surface area contributed by atoms with Crippen LogP contribution in [0.3, 0.4) is 0 Å². The van der Waals surface area contributed by atoms with E-state index < -0.39 is 0 Å². The van der Waals surface area contributed by atoms with Gasteiger partial charge in [-0.3, -0.25) is 4.79 Å². The monoisotopic (exact) mass is 403 g/mol. The fraction of sp³-hybridized carbons (Fsp3) is 0.591. The molecule has 1 aromatic carbocycles. The highest BCUT2D eigenvalue weighted by Crippen LogP contribution is 2.28. The zero-order valence-electron chi connectivity index (χ0n) is 16.9. The number of nitrogens with one attached hydrogen (secondary N) is 3. The quantitative estimate of drug-likeness (QED) is 0.498. The van der Waals surface area contributed by atoms with Gasteiger partial charge >= 0.3 is 0 Å². The van der Waals surface area contributed by atoms with Gasteiger partial charge in [0.25, 0.3) is 5.91 Å². The molecular formula is C22H33N3O2S.